The van der Waals surface area contributed by atoms with Gasteiger partial charge < -0.3 is 9.84 Å². The summed E-state index contributed by atoms with van der Waals surface area (Å²) in [6, 6.07) is 12.4. The van der Waals surface area contributed by atoms with Gasteiger partial charge >= 0.3 is 6.18 Å². The van der Waals surface area contributed by atoms with Crippen LogP contribution in [0.4, 0.5) is 18.9 Å². The Morgan fingerprint density at radius 3 is 2.42 bits per heavy atom. The Bertz CT molecular complexity index is 831. The summed E-state index contributed by atoms with van der Waals surface area (Å²) in [6.45, 7) is 0.327. The lowest BCUT2D eigenvalue weighted by molar-refractivity contribution is -0.137. The Kier molecular flexibility index (Phi) is 4.74. The third kappa shape index (κ3) is 3.86. The molecule has 24 heavy (non-hydrogen) atoms. The van der Waals surface area contributed by atoms with E-state index in [1.807, 2.05) is 24.3 Å². The molecule has 0 bridgehead atoms. The van der Waals surface area contributed by atoms with E-state index in [1.54, 1.807) is 0 Å². The first-order valence-electron chi connectivity index (χ1n) is 6.92. The Balaban J connectivity index is 1.70. The number of alkyl halides is 3. The molecule has 1 aromatic heterocycles. The van der Waals surface area contributed by atoms with E-state index in [-0.39, 0.29) is 5.82 Å². The third-order valence-corrected chi connectivity index (χ3v) is 4.18. The molecule has 0 amide bonds. The highest BCUT2D eigenvalue weighted by Gasteiger charge is 2.30. The zero-order valence-corrected chi connectivity index (χ0v) is 14.3. The highest BCUT2D eigenvalue weighted by Crippen LogP contribution is 2.30. The number of rotatable bonds is 4. The fraction of sp³-hybridized carbons (Fsp3) is 0.125. The van der Waals surface area contributed by atoms with Gasteiger partial charge in [0.2, 0.25) is 11.7 Å². The molecule has 124 valence electrons. The quantitative estimate of drug-likeness (QED) is 0.577. The van der Waals surface area contributed by atoms with E-state index >= 15 is 0 Å². The van der Waals surface area contributed by atoms with Crippen LogP contribution in [0.5, 0.6) is 0 Å². The number of benzene rings is 2. The van der Waals surface area contributed by atoms with Gasteiger partial charge in [0.05, 0.1) is 12.1 Å². The van der Waals surface area contributed by atoms with E-state index in [0.717, 1.165) is 21.4 Å². The minimum atomic E-state index is -4.36. The Labute approximate surface area is 149 Å². The molecule has 3 rings (SSSR count). The number of halogens is 4. The largest absolute Gasteiger partial charge is 0.416 e. The van der Waals surface area contributed by atoms with Crippen LogP contribution in [0.3, 0.4) is 0 Å². The van der Waals surface area contributed by atoms with Crippen LogP contribution in [-0.4, -0.2) is 10.1 Å². The monoisotopic (exact) mass is 445 g/mol. The molecule has 0 radical (unpaired) electrons. The van der Waals surface area contributed by atoms with Crippen molar-refractivity contribution in [3.05, 3.63) is 63.6 Å². The summed E-state index contributed by atoms with van der Waals surface area (Å²) < 4.78 is 43.9. The summed E-state index contributed by atoms with van der Waals surface area (Å²) in [5, 5.41) is 6.97. The summed E-state index contributed by atoms with van der Waals surface area (Å²) in [5.74, 6) is 0.604. The molecule has 0 aliphatic heterocycles. The molecule has 0 saturated carbocycles. The molecule has 0 saturated heterocycles. The molecule has 0 fully saturated rings. The minimum absolute atomic E-state index is 0.253. The van der Waals surface area contributed by atoms with Crippen molar-refractivity contribution in [2.24, 2.45) is 0 Å². The molecule has 0 aliphatic rings. The van der Waals surface area contributed by atoms with Crippen LogP contribution in [0.1, 0.15) is 11.5 Å². The summed E-state index contributed by atoms with van der Waals surface area (Å²) in [4.78, 5) is 4.19. The van der Waals surface area contributed by atoms with Crippen molar-refractivity contribution in [3.8, 4) is 11.4 Å². The van der Waals surface area contributed by atoms with Crippen molar-refractivity contribution in [3.63, 3.8) is 0 Å². The van der Waals surface area contributed by atoms with Crippen LogP contribution in [0.15, 0.2) is 53.1 Å². The SMILES string of the molecule is FC(F)(F)c1ccc(-c2noc(CNc3ccccc3I)n2)cc1. The number of nitrogens with zero attached hydrogens (tertiary/aromatic N) is 2. The lowest BCUT2D eigenvalue weighted by Crippen LogP contribution is -2.04. The van der Waals surface area contributed by atoms with Crippen LogP contribution in [-0.2, 0) is 12.7 Å². The van der Waals surface area contributed by atoms with Crippen molar-refractivity contribution in [2.45, 2.75) is 12.7 Å². The number of nitrogens with one attached hydrogen (secondary N) is 1. The van der Waals surface area contributed by atoms with E-state index in [4.69, 9.17) is 4.52 Å². The predicted octanol–water partition coefficient (Wildman–Crippen LogP) is 4.97. The molecule has 2 aromatic carbocycles. The summed E-state index contributed by atoms with van der Waals surface area (Å²) in [7, 11) is 0. The van der Waals surface area contributed by atoms with Gasteiger partial charge in [-0.15, -0.1) is 0 Å². The minimum Gasteiger partial charge on any atom is -0.375 e. The average molecular weight is 445 g/mol. The van der Waals surface area contributed by atoms with Gasteiger partial charge in [0.1, 0.15) is 0 Å². The van der Waals surface area contributed by atoms with E-state index in [0.29, 0.717) is 18.0 Å². The molecule has 0 spiro atoms. The molecule has 1 N–H and O–H groups in total. The summed E-state index contributed by atoms with van der Waals surface area (Å²) in [5.41, 5.74) is 0.690. The van der Waals surface area contributed by atoms with E-state index in [2.05, 4.69) is 38.0 Å². The first kappa shape index (κ1) is 16.7. The number of anilines is 1. The molecule has 0 atom stereocenters. The molecular formula is C16H11F3IN3O. The molecule has 8 heteroatoms. The van der Waals surface area contributed by atoms with Crippen LogP contribution in [0.25, 0.3) is 11.4 Å². The highest BCUT2D eigenvalue weighted by molar-refractivity contribution is 14.1. The molecule has 3 aromatic rings. The van der Waals surface area contributed by atoms with Gasteiger partial charge in [-0.1, -0.05) is 29.4 Å². The molecule has 4 nitrogen and oxygen atoms in total. The molecule has 1 heterocycles. The topological polar surface area (TPSA) is 51.0 Å². The Morgan fingerprint density at radius 2 is 1.75 bits per heavy atom. The van der Waals surface area contributed by atoms with Gasteiger partial charge in [0.25, 0.3) is 0 Å². The van der Waals surface area contributed by atoms with Gasteiger partial charge in [-0.2, -0.15) is 18.2 Å². The second kappa shape index (κ2) is 6.80. The van der Waals surface area contributed by atoms with Gasteiger partial charge in [0, 0.05) is 14.8 Å². The van der Waals surface area contributed by atoms with Crippen LogP contribution in [0.2, 0.25) is 0 Å². The number of hydrogen-bond acceptors (Lipinski definition) is 4. The third-order valence-electron chi connectivity index (χ3n) is 3.24. The second-order valence-electron chi connectivity index (χ2n) is 4.92. The Morgan fingerprint density at radius 1 is 1.04 bits per heavy atom. The normalized spacial score (nSPS) is 11.5. The smallest absolute Gasteiger partial charge is 0.375 e. The zero-order chi connectivity index (χ0) is 17.2. The van der Waals surface area contributed by atoms with E-state index in [1.165, 1.54) is 12.1 Å². The first-order valence-corrected chi connectivity index (χ1v) is 8.00. The van der Waals surface area contributed by atoms with Gasteiger partial charge in [-0.3, -0.25) is 0 Å². The van der Waals surface area contributed by atoms with Gasteiger partial charge in [0.15, 0.2) is 0 Å². The molecule has 0 unspecified atom stereocenters. The maximum absolute atomic E-state index is 12.6. The van der Waals surface area contributed by atoms with Gasteiger partial charge in [-0.25, -0.2) is 0 Å². The second-order valence-corrected chi connectivity index (χ2v) is 6.08. The fourth-order valence-electron chi connectivity index (χ4n) is 2.03. The van der Waals surface area contributed by atoms with Crippen molar-refractivity contribution >= 4 is 28.3 Å². The number of hydrogen-bond donors (Lipinski definition) is 1. The number of para-hydroxylation sites is 1. The lowest BCUT2D eigenvalue weighted by Gasteiger charge is -2.06. The zero-order valence-electron chi connectivity index (χ0n) is 12.1. The maximum atomic E-state index is 12.6. The number of aromatic nitrogens is 2. The van der Waals surface area contributed by atoms with Crippen LogP contribution < -0.4 is 5.32 Å². The van der Waals surface area contributed by atoms with Crippen molar-refractivity contribution in [1.82, 2.24) is 10.1 Å². The van der Waals surface area contributed by atoms with E-state index < -0.39 is 11.7 Å². The highest BCUT2D eigenvalue weighted by atomic mass is 127. The lowest BCUT2D eigenvalue weighted by atomic mass is 10.1. The first-order chi connectivity index (χ1) is 11.4. The Hall–Kier alpha value is -2.10. The fourth-order valence-corrected chi connectivity index (χ4v) is 2.61. The predicted molar refractivity (Wildman–Crippen MR) is 91.2 cm³/mol. The van der Waals surface area contributed by atoms with Crippen LogP contribution in [0, 0.1) is 3.57 Å². The summed E-state index contributed by atoms with van der Waals surface area (Å²) >= 11 is 2.21. The molecule has 0 aliphatic carbocycles. The molecular weight excluding hydrogens is 434 g/mol. The maximum Gasteiger partial charge on any atom is 0.416 e. The van der Waals surface area contributed by atoms with E-state index in [9.17, 15) is 13.2 Å². The average Bonchev–Trinajstić information content (AvgIpc) is 3.02. The standard InChI is InChI=1S/C16H11F3IN3O/c17-16(18,19)11-7-5-10(6-8-11)15-22-14(24-23-15)9-21-13-4-2-1-3-12(13)20/h1-8,21H,9H2. The van der Waals surface area contributed by atoms with Crippen molar-refractivity contribution < 1.29 is 17.7 Å². The van der Waals surface area contributed by atoms with Crippen molar-refractivity contribution in [1.29, 1.82) is 0 Å². The van der Waals surface area contributed by atoms with Crippen molar-refractivity contribution in [2.75, 3.05) is 5.32 Å². The summed E-state index contributed by atoms with van der Waals surface area (Å²) in [6.07, 6.45) is -4.36. The van der Waals surface area contributed by atoms with Crippen LogP contribution >= 0.6 is 22.6 Å². The van der Waals surface area contributed by atoms with Gasteiger partial charge in [-0.05, 0) is 46.9 Å².